The summed E-state index contributed by atoms with van der Waals surface area (Å²) in [5, 5.41) is 5.74. The molecule has 0 fully saturated rings. The predicted octanol–water partition coefficient (Wildman–Crippen LogP) is 4.94. The molecule has 5 heteroatoms. The molecule has 0 saturated heterocycles. The second-order valence-corrected chi connectivity index (χ2v) is 6.54. The van der Waals surface area contributed by atoms with E-state index < -0.39 is 0 Å². The summed E-state index contributed by atoms with van der Waals surface area (Å²) in [7, 11) is 0. The Bertz CT molecular complexity index is 638. The van der Waals surface area contributed by atoms with Gasteiger partial charge in [0.15, 0.2) is 0 Å². The van der Waals surface area contributed by atoms with Gasteiger partial charge in [-0.15, -0.1) is 11.3 Å². The molecule has 0 radical (unpaired) electrons. The van der Waals surface area contributed by atoms with Gasteiger partial charge in [0.05, 0.1) is 6.04 Å². The number of thiophene rings is 1. The fourth-order valence-corrected chi connectivity index (χ4v) is 3.86. The van der Waals surface area contributed by atoms with Crippen LogP contribution in [0.25, 0.3) is 0 Å². The molecule has 0 spiro atoms. The number of benzene rings is 1. The minimum absolute atomic E-state index is 0.0407. The lowest BCUT2D eigenvalue weighted by molar-refractivity contribution is 0.181. The maximum Gasteiger partial charge on any atom is 0.322 e. The van der Waals surface area contributed by atoms with Crippen molar-refractivity contribution in [2.24, 2.45) is 0 Å². The van der Waals surface area contributed by atoms with Crippen LogP contribution in [-0.2, 0) is 6.42 Å². The molecule has 1 unspecified atom stereocenters. The average molecular weight is 321 g/mol. The summed E-state index contributed by atoms with van der Waals surface area (Å²) in [6, 6.07) is 9.48. The number of hydrogen-bond donors (Lipinski definition) is 1. The monoisotopic (exact) mass is 320 g/mol. The standard InChI is InChI=1S/C16H17ClN2OS/c1-2-14-13-8-10-21-15(13)7-9-19(14)16(20)18-12-5-3-11(17)4-6-12/h3-6,8,10,14H,2,7,9H2,1H3,(H,18,20). The minimum Gasteiger partial charge on any atom is -0.317 e. The topological polar surface area (TPSA) is 32.3 Å². The Morgan fingerprint density at radius 1 is 1.38 bits per heavy atom. The summed E-state index contributed by atoms with van der Waals surface area (Å²) in [6.07, 6.45) is 1.87. The van der Waals surface area contributed by atoms with Gasteiger partial charge in [0.25, 0.3) is 0 Å². The Morgan fingerprint density at radius 2 is 2.14 bits per heavy atom. The van der Waals surface area contributed by atoms with E-state index in [0.717, 1.165) is 25.1 Å². The van der Waals surface area contributed by atoms with Gasteiger partial charge in [0.1, 0.15) is 0 Å². The summed E-state index contributed by atoms with van der Waals surface area (Å²) in [5.74, 6) is 0. The third-order valence-corrected chi connectivity index (χ3v) is 5.09. The minimum atomic E-state index is -0.0407. The van der Waals surface area contributed by atoms with Gasteiger partial charge in [0, 0.05) is 22.1 Å². The molecule has 21 heavy (non-hydrogen) atoms. The quantitative estimate of drug-likeness (QED) is 0.835. The smallest absolute Gasteiger partial charge is 0.317 e. The molecule has 1 atom stereocenters. The van der Waals surface area contributed by atoms with Gasteiger partial charge in [-0.2, -0.15) is 0 Å². The number of rotatable bonds is 2. The number of nitrogens with one attached hydrogen (secondary N) is 1. The highest BCUT2D eigenvalue weighted by Gasteiger charge is 2.30. The van der Waals surface area contributed by atoms with E-state index in [1.54, 1.807) is 23.5 Å². The highest BCUT2D eigenvalue weighted by molar-refractivity contribution is 7.10. The van der Waals surface area contributed by atoms with E-state index in [4.69, 9.17) is 11.6 Å². The Labute approximate surface area is 133 Å². The van der Waals surface area contributed by atoms with Crippen molar-refractivity contribution >= 4 is 34.7 Å². The number of nitrogens with zero attached hydrogens (tertiary/aromatic N) is 1. The third-order valence-electron chi connectivity index (χ3n) is 3.84. The van der Waals surface area contributed by atoms with Gasteiger partial charge in [-0.1, -0.05) is 18.5 Å². The first-order chi connectivity index (χ1) is 10.2. The Balaban J connectivity index is 1.77. The van der Waals surface area contributed by atoms with Crippen LogP contribution in [0, 0.1) is 0 Å². The molecule has 2 aromatic rings. The van der Waals surface area contributed by atoms with E-state index in [0.29, 0.717) is 5.02 Å². The lowest BCUT2D eigenvalue weighted by Crippen LogP contribution is -2.41. The van der Waals surface area contributed by atoms with Gasteiger partial charge in [0.2, 0.25) is 0 Å². The van der Waals surface area contributed by atoms with Crippen molar-refractivity contribution in [1.82, 2.24) is 4.90 Å². The molecule has 0 saturated carbocycles. The second-order valence-electron chi connectivity index (χ2n) is 5.10. The molecule has 1 aromatic carbocycles. The van der Waals surface area contributed by atoms with Crippen molar-refractivity contribution in [3.05, 3.63) is 51.2 Å². The number of amides is 2. The van der Waals surface area contributed by atoms with Crippen molar-refractivity contribution in [3.63, 3.8) is 0 Å². The van der Waals surface area contributed by atoms with Crippen LogP contribution < -0.4 is 5.32 Å². The van der Waals surface area contributed by atoms with E-state index in [-0.39, 0.29) is 12.1 Å². The van der Waals surface area contributed by atoms with E-state index in [9.17, 15) is 4.79 Å². The van der Waals surface area contributed by atoms with E-state index in [2.05, 4.69) is 23.7 Å². The Morgan fingerprint density at radius 3 is 2.86 bits per heavy atom. The normalized spacial score (nSPS) is 17.4. The molecule has 1 aliphatic rings. The number of carbonyl (C=O) groups is 1. The molecule has 3 nitrogen and oxygen atoms in total. The molecule has 3 rings (SSSR count). The zero-order valence-corrected chi connectivity index (χ0v) is 13.4. The van der Waals surface area contributed by atoms with Crippen LogP contribution in [-0.4, -0.2) is 17.5 Å². The van der Waals surface area contributed by atoms with Gasteiger partial charge in [-0.3, -0.25) is 0 Å². The van der Waals surface area contributed by atoms with Crippen LogP contribution in [0.15, 0.2) is 35.7 Å². The summed E-state index contributed by atoms with van der Waals surface area (Å²) < 4.78 is 0. The Hall–Kier alpha value is -1.52. The first-order valence-electron chi connectivity index (χ1n) is 7.08. The largest absolute Gasteiger partial charge is 0.322 e. The highest BCUT2D eigenvalue weighted by atomic mass is 35.5. The zero-order valence-electron chi connectivity index (χ0n) is 11.8. The maximum absolute atomic E-state index is 12.5. The number of hydrogen-bond acceptors (Lipinski definition) is 2. The molecule has 0 aliphatic carbocycles. The van der Waals surface area contributed by atoms with E-state index in [1.165, 1.54) is 10.4 Å². The van der Waals surface area contributed by atoms with Crippen LogP contribution in [0.4, 0.5) is 10.5 Å². The maximum atomic E-state index is 12.5. The molecule has 110 valence electrons. The van der Waals surface area contributed by atoms with Gasteiger partial charge >= 0.3 is 6.03 Å². The molecular formula is C16H17ClN2OS. The van der Waals surface area contributed by atoms with Gasteiger partial charge < -0.3 is 10.2 Å². The fraction of sp³-hybridized carbons (Fsp3) is 0.312. The number of urea groups is 1. The zero-order chi connectivity index (χ0) is 14.8. The van der Waals surface area contributed by atoms with Crippen molar-refractivity contribution in [2.75, 3.05) is 11.9 Å². The molecule has 2 amide bonds. The van der Waals surface area contributed by atoms with Crippen LogP contribution >= 0.6 is 22.9 Å². The molecule has 2 heterocycles. The van der Waals surface area contributed by atoms with Crippen molar-refractivity contribution < 1.29 is 4.79 Å². The summed E-state index contributed by atoms with van der Waals surface area (Å²) >= 11 is 7.66. The molecule has 1 N–H and O–H groups in total. The average Bonchev–Trinajstić information content (AvgIpc) is 2.97. The molecule has 1 aromatic heterocycles. The SMILES string of the molecule is CCC1c2ccsc2CCN1C(=O)Nc1ccc(Cl)cc1. The number of carbonyl (C=O) groups excluding carboxylic acids is 1. The van der Waals surface area contributed by atoms with Gasteiger partial charge in [-0.25, -0.2) is 4.79 Å². The summed E-state index contributed by atoms with van der Waals surface area (Å²) in [6.45, 7) is 2.89. The second kappa shape index (κ2) is 6.08. The lowest BCUT2D eigenvalue weighted by atomic mass is 9.98. The predicted molar refractivity (Wildman–Crippen MR) is 88.2 cm³/mol. The fourth-order valence-electron chi connectivity index (χ4n) is 2.81. The van der Waals surface area contributed by atoms with Crippen LogP contribution in [0.5, 0.6) is 0 Å². The van der Waals surface area contributed by atoms with Crippen LogP contribution in [0.1, 0.15) is 29.8 Å². The lowest BCUT2D eigenvalue weighted by Gasteiger charge is -2.35. The van der Waals surface area contributed by atoms with Crippen molar-refractivity contribution in [1.29, 1.82) is 0 Å². The van der Waals surface area contributed by atoms with Crippen LogP contribution in [0.2, 0.25) is 5.02 Å². The van der Waals surface area contributed by atoms with Crippen molar-refractivity contribution in [2.45, 2.75) is 25.8 Å². The first-order valence-corrected chi connectivity index (χ1v) is 8.34. The highest BCUT2D eigenvalue weighted by Crippen LogP contribution is 2.35. The van der Waals surface area contributed by atoms with Gasteiger partial charge in [-0.05, 0) is 54.1 Å². The van der Waals surface area contributed by atoms with E-state index in [1.807, 2.05) is 17.0 Å². The first kappa shape index (κ1) is 14.4. The number of halogens is 1. The number of anilines is 1. The third kappa shape index (κ3) is 2.92. The van der Waals surface area contributed by atoms with E-state index >= 15 is 0 Å². The summed E-state index contributed by atoms with van der Waals surface area (Å²) in [4.78, 5) is 15.9. The van der Waals surface area contributed by atoms with Crippen molar-refractivity contribution in [3.8, 4) is 0 Å². The summed E-state index contributed by atoms with van der Waals surface area (Å²) in [5.41, 5.74) is 2.08. The molecular weight excluding hydrogens is 304 g/mol. The Kier molecular flexibility index (Phi) is 4.17. The number of fused-ring (bicyclic) bond motifs is 1. The van der Waals surface area contributed by atoms with Crippen LogP contribution in [0.3, 0.4) is 0 Å². The molecule has 0 bridgehead atoms. The molecule has 1 aliphatic heterocycles.